The number of aliphatic hydroxyl groups excluding tert-OH is 2. The van der Waals surface area contributed by atoms with E-state index < -0.39 is 30.1 Å². The maximum absolute atomic E-state index is 14.1. The van der Waals surface area contributed by atoms with Crippen molar-refractivity contribution in [2.45, 2.75) is 106 Å². The molecule has 1 saturated heterocycles. The summed E-state index contributed by atoms with van der Waals surface area (Å²) >= 11 is 7.79. The second-order valence-corrected chi connectivity index (χ2v) is 17.2. The Kier molecular flexibility index (Phi) is 17.7. The number of aliphatic hydroxyl groups is 2. The predicted octanol–water partition coefficient (Wildman–Crippen LogP) is 9.11. The number of rotatable bonds is 23. The number of nitrogens with zero attached hydrogens (tertiary/aromatic N) is 2. The van der Waals surface area contributed by atoms with Crippen molar-refractivity contribution in [2.75, 3.05) is 57.8 Å². The smallest absolute Gasteiger partial charge is 0.410 e. The number of carbonyl (C=O) groups excluding carboxylic acids is 1. The molecule has 2 aromatic rings. The van der Waals surface area contributed by atoms with Crippen LogP contribution in [0.1, 0.15) is 89.0 Å². The van der Waals surface area contributed by atoms with Gasteiger partial charge >= 0.3 is 6.09 Å². The van der Waals surface area contributed by atoms with E-state index in [0.29, 0.717) is 44.8 Å². The summed E-state index contributed by atoms with van der Waals surface area (Å²) in [6.45, 7) is 8.04. The minimum absolute atomic E-state index is 0.0624. The number of alkyl halides is 1. The molecule has 7 atom stereocenters. The highest BCUT2D eigenvalue weighted by molar-refractivity contribution is 7.99. The molecule has 0 spiro atoms. The normalized spacial score (nSPS) is 26.5. The molecular formula is C46H63ClN2O9S. The molecule has 0 aromatic heterocycles. The molecule has 324 valence electrons. The van der Waals surface area contributed by atoms with Crippen molar-refractivity contribution in [3.8, 4) is 11.5 Å². The average Bonchev–Trinajstić information content (AvgIpc) is 3.26. The number of carbonyl (C=O) groups is 1. The lowest BCUT2D eigenvalue weighted by Crippen LogP contribution is -2.70. The summed E-state index contributed by atoms with van der Waals surface area (Å²) in [5, 5.41) is 24.7. The van der Waals surface area contributed by atoms with Crippen molar-refractivity contribution in [1.29, 1.82) is 0 Å². The second kappa shape index (κ2) is 23.1. The number of benzene rings is 2. The molecule has 2 aliphatic carbocycles. The SMILES string of the molecule is C=CCO[C@@]12Oc3ccc(OCCSc4ccccc4)cc3[C@H]3[C@H](CCCCO)[C@@H](CCCCO)C=C(C(=NOC4CCCCO4)C[C@@H]1N(CCC)C(=O)OCCCl)[C@H]32. The third-order valence-electron chi connectivity index (χ3n) is 11.8. The van der Waals surface area contributed by atoms with Gasteiger partial charge in [0.1, 0.15) is 24.1 Å². The number of oxime groups is 1. The summed E-state index contributed by atoms with van der Waals surface area (Å²) in [6, 6.07) is 15.7. The van der Waals surface area contributed by atoms with Crippen molar-refractivity contribution >= 4 is 35.2 Å². The van der Waals surface area contributed by atoms with Crippen LogP contribution in [0.2, 0.25) is 0 Å². The van der Waals surface area contributed by atoms with Gasteiger partial charge in [0.25, 0.3) is 0 Å². The first-order chi connectivity index (χ1) is 29.0. The van der Waals surface area contributed by atoms with E-state index in [9.17, 15) is 15.0 Å². The Balaban J connectivity index is 1.50. The summed E-state index contributed by atoms with van der Waals surface area (Å²) in [4.78, 5) is 23.3. The molecule has 13 heteroatoms. The Morgan fingerprint density at radius 3 is 2.63 bits per heavy atom. The van der Waals surface area contributed by atoms with Crippen LogP contribution in [0.3, 0.4) is 0 Å². The fourth-order valence-corrected chi connectivity index (χ4v) is 10.1. The molecule has 4 aliphatic rings. The van der Waals surface area contributed by atoms with Crippen LogP contribution in [0, 0.1) is 17.8 Å². The third kappa shape index (κ3) is 11.2. The van der Waals surface area contributed by atoms with Crippen molar-refractivity contribution in [3.63, 3.8) is 0 Å². The van der Waals surface area contributed by atoms with Crippen LogP contribution in [-0.2, 0) is 19.0 Å². The first-order valence-corrected chi connectivity index (χ1v) is 23.2. The van der Waals surface area contributed by atoms with Crippen LogP contribution in [-0.4, -0.2) is 103 Å². The van der Waals surface area contributed by atoms with Crippen molar-refractivity contribution in [3.05, 3.63) is 78.4 Å². The van der Waals surface area contributed by atoms with Gasteiger partial charge < -0.3 is 38.7 Å². The minimum atomic E-state index is -1.37. The Labute approximate surface area is 359 Å². The molecule has 2 fully saturated rings. The van der Waals surface area contributed by atoms with Crippen LogP contribution < -0.4 is 9.47 Å². The number of unbranched alkanes of at least 4 members (excludes halogenated alkanes) is 2. The Hall–Kier alpha value is -3.26. The minimum Gasteiger partial charge on any atom is -0.493 e. The van der Waals surface area contributed by atoms with Crippen LogP contribution in [0.5, 0.6) is 11.5 Å². The van der Waals surface area contributed by atoms with Gasteiger partial charge in [-0.25, -0.2) is 4.79 Å². The Bertz CT molecular complexity index is 1690. The topological polar surface area (TPSA) is 129 Å². The number of thioether (sulfide) groups is 1. The molecule has 11 nitrogen and oxygen atoms in total. The number of amides is 1. The molecule has 0 radical (unpaired) electrons. The monoisotopic (exact) mass is 854 g/mol. The fraction of sp³-hybridized carbons (Fsp3) is 0.609. The van der Waals surface area contributed by atoms with Gasteiger partial charge in [-0.1, -0.05) is 55.3 Å². The van der Waals surface area contributed by atoms with Crippen molar-refractivity contribution < 1.29 is 43.5 Å². The highest BCUT2D eigenvalue weighted by Crippen LogP contribution is 2.62. The van der Waals surface area contributed by atoms with Gasteiger partial charge in [0, 0.05) is 54.7 Å². The van der Waals surface area contributed by atoms with Crippen LogP contribution in [0.4, 0.5) is 4.79 Å². The van der Waals surface area contributed by atoms with E-state index >= 15 is 0 Å². The zero-order valence-electron chi connectivity index (χ0n) is 34.5. The number of hydrogen-bond donors (Lipinski definition) is 2. The number of halogens is 1. The largest absolute Gasteiger partial charge is 0.493 e. The fourth-order valence-electron chi connectivity index (χ4n) is 9.31. The highest BCUT2D eigenvalue weighted by atomic mass is 35.5. The predicted molar refractivity (Wildman–Crippen MR) is 231 cm³/mol. The van der Waals surface area contributed by atoms with E-state index in [1.807, 2.05) is 37.3 Å². The van der Waals surface area contributed by atoms with Gasteiger partial charge in [0.15, 0.2) is 0 Å². The van der Waals surface area contributed by atoms with Crippen LogP contribution >= 0.6 is 23.4 Å². The molecule has 2 aliphatic heterocycles. The van der Waals surface area contributed by atoms with E-state index in [4.69, 9.17) is 45.3 Å². The second-order valence-electron chi connectivity index (χ2n) is 15.7. The quantitative estimate of drug-likeness (QED) is 0.0367. The molecule has 6 rings (SSSR count). The zero-order valence-corrected chi connectivity index (χ0v) is 36.1. The molecular weight excluding hydrogens is 792 g/mol. The summed E-state index contributed by atoms with van der Waals surface area (Å²) in [5.74, 6) is 0.617. The van der Waals surface area contributed by atoms with Gasteiger partial charge in [-0.3, -0.25) is 4.90 Å². The van der Waals surface area contributed by atoms with Crippen LogP contribution in [0.25, 0.3) is 0 Å². The molecule has 2 aromatic carbocycles. The molecule has 1 amide bonds. The van der Waals surface area contributed by atoms with E-state index in [2.05, 4.69) is 30.9 Å². The lowest BCUT2D eigenvalue weighted by atomic mass is 9.55. The lowest BCUT2D eigenvalue weighted by Gasteiger charge is -2.60. The van der Waals surface area contributed by atoms with Gasteiger partial charge in [-0.2, -0.15) is 0 Å². The first kappa shape index (κ1) is 45.3. The van der Waals surface area contributed by atoms with Gasteiger partial charge in [-0.15, -0.1) is 29.9 Å². The van der Waals surface area contributed by atoms with E-state index in [1.165, 1.54) is 4.90 Å². The summed E-state index contributed by atoms with van der Waals surface area (Å²) in [7, 11) is 0. The highest BCUT2D eigenvalue weighted by Gasteiger charge is 2.65. The van der Waals surface area contributed by atoms with E-state index in [1.54, 1.807) is 22.7 Å². The van der Waals surface area contributed by atoms with Crippen molar-refractivity contribution in [2.24, 2.45) is 22.9 Å². The lowest BCUT2D eigenvalue weighted by molar-refractivity contribution is -0.255. The van der Waals surface area contributed by atoms with Gasteiger partial charge in [-0.05, 0) is 92.7 Å². The zero-order chi connectivity index (χ0) is 41.5. The summed E-state index contributed by atoms with van der Waals surface area (Å²) in [5.41, 5.74) is 2.71. The molecule has 1 saturated carbocycles. The van der Waals surface area contributed by atoms with Gasteiger partial charge in [0.05, 0.1) is 37.3 Å². The molecule has 0 bridgehead atoms. The van der Waals surface area contributed by atoms with E-state index in [-0.39, 0.29) is 56.5 Å². The number of fused-ring (bicyclic) bond motifs is 2. The van der Waals surface area contributed by atoms with Gasteiger partial charge in [0.2, 0.25) is 12.1 Å². The Morgan fingerprint density at radius 1 is 1.08 bits per heavy atom. The maximum atomic E-state index is 14.1. The van der Waals surface area contributed by atoms with E-state index in [0.717, 1.165) is 73.3 Å². The third-order valence-corrected chi connectivity index (χ3v) is 12.9. The molecule has 2 N–H and O–H groups in total. The summed E-state index contributed by atoms with van der Waals surface area (Å²) < 4.78 is 32.5. The number of hydrogen-bond acceptors (Lipinski definition) is 11. The first-order valence-electron chi connectivity index (χ1n) is 21.6. The maximum Gasteiger partial charge on any atom is 0.410 e. The standard InChI is InChI=1S/C46H63ClN2O9S/c1-3-22-49(45(52)55-27-21-47)41-32-39(48-58-42-18-10-13-26-54-42)37-30-33(14-8-11-23-50)36(17-9-12-24-51)43-38-31-34(53-28-29-59-35-15-6-5-7-16-35)19-20-40(38)57-46(41,44(37)43)56-25-4-2/h4-7,15-16,19-20,30-31,33,36,41-44,50-51H,2-3,8-14,17-18,21-29,32H2,1H3/t33-,36+,41-,42?,43+,44+,46+/m0/s1. The average molecular weight is 856 g/mol. The molecule has 2 heterocycles. The Morgan fingerprint density at radius 2 is 1.90 bits per heavy atom. The van der Waals surface area contributed by atoms with Crippen LogP contribution in [0.15, 0.2) is 82.9 Å². The molecule has 1 unspecified atom stereocenters. The number of ether oxygens (including phenoxy) is 5. The molecule has 59 heavy (non-hydrogen) atoms. The summed E-state index contributed by atoms with van der Waals surface area (Å²) in [6.07, 6.45) is 11.5. The number of allylic oxidation sites excluding steroid dienone is 1. The van der Waals surface area contributed by atoms with Crippen molar-refractivity contribution in [1.82, 2.24) is 4.90 Å².